The van der Waals surface area contributed by atoms with Gasteiger partial charge in [0.05, 0.1) is 0 Å². The third-order valence-corrected chi connectivity index (χ3v) is 2.63. The van der Waals surface area contributed by atoms with Crippen LogP contribution in [0.25, 0.3) is 0 Å². The molecule has 0 spiro atoms. The van der Waals surface area contributed by atoms with Crippen LogP contribution in [-0.2, 0) is 0 Å². The molecule has 2 nitrogen and oxygen atoms in total. The molecule has 2 aromatic rings. The first-order valence-electron chi connectivity index (χ1n) is 5.76. The molecule has 1 unspecified atom stereocenters. The van der Waals surface area contributed by atoms with Gasteiger partial charge in [-0.25, -0.2) is 0 Å². The third-order valence-electron chi connectivity index (χ3n) is 2.63. The molecule has 0 aliphatic carbocycles. The van der Waals surface area contributed by atoms with Crippen LogP contribution in [0.3, 0.4) is 0 Å². The Kier molecular flexibility index (Phi) is 3.45. The van der Waals surface area contributed by atoms with E-state index in [-0.39, 0.29) is 6.04 Å². The van der Waals surface area contributed by atoms with Crippen molar-refractivity contribution in [3.63, 3.8) is 0 Å². The number of para-hydroxylation sites is 1. The van der Waals surface area contributed by atoms with Gasteiger partial charge in [-0.15, -0.1) is 0 Å². The van der Waals surface area contributed by atoms with Gasteiger partial charge in [-0.05, 0) is 37.6 Å². The summed E-state index contributed by atoms with van der Waals surface area (Å²) >= 11 is 0. The number of hydrogen-bond donors (Lipinski definition) is 1. The highest BCUT2D eigenvalue weighted by molar-refractivity contribution is 5.40. The summed E-state index contributed by atoms with van der Waals surface area (Å²) < 4.78 is 5.87. The van der Waals surface area contributed by atoms with Crippen LogP contribution in [0.15, 0.2) is 48.5 Å². The largest absolute Gasteiger partial charge is 0.457 e. The maximum Gasteiger partial charge on any atom is 0.132 e. The van der Waals surface area contributed by atoms with Crippen LogP contribution in [0.1, 0.15) is 24.1 Å². The molecule has 0 bridgehead atoms. The SMILES string of the molecule is Cc1cccc(Oc2ccccc2C(C)N)c1. The van der Waals surface area contributed by atoms with Crippen molar-refractivity contribution in [3.8, 4) is 11.5 Å². The fourth-order valence-electron chi connectivity index (χ4n) is 1.76. The lowest BCUT2D eigenvalue weighted by atomic mass is 10.1. The molecular formula is C15H17NO. The number of benzene rings is 2. The van der Waals surface area contributed by atoms with Crippen molar-refractivity contribution in [1.82, 2.24) is 0 Å². The number of ether oxygens (including phenoxy) is 1. The second kappa shape index (κ2) is 5.02. The molecule has 0 heterocycles. The lowest BCUT2D eigenvalue weighted by molar-refractivity contribution is 0.472. The Morgan fingerprint density at radius 2 is 1.82 bits per heavy atom. The molecule has 2 aromatic carbocycles. The molecule has 0 radical (unpaired) electrons. The Hall–Kier alpha value is -1.80. The summed E-state index contributed by atoms with van der Waals surface area (Å²) in [6, 6.07) is 15.8. The van der Waals surface area contributed by atoms with Crippen molar-refractivity contribution in [3.05, 3.63) is 59.7 Å². The number of rotatable bonds is 3. The molecule has 0 aliphatic rings. The van der Waals surface area contributed by atoms with E-state index >= 15 is 0 Å². The average molecular weight is 227 g/mol. The quantitative estimate of drug-likeness (QED) is 0.865. The van der Waals surface area contributed by atoms with Crippen LogP contribution in [-0.4, -0.2) is 0 Å². The van der Waals surface area contributed by atoms with Gasteiger partial charge in [-0.1, -0.05) is 30.3 Å². The molecule has 2 N–H and O–H groups in total. The molecule has 17 heavy (non-hydrogen) atoms. The molecule has 0 aliphatic heterocycles. The normalized spacial score (nSPS) is 12.2. The van der Waals surface area contributed by atoms with Gasteiger partial charge in [0.15, 0.2) is 0 Å². The van der Waals surface area contributed by atoms with Crippen LogP contribution in [0.4, 0.5) is 0 Å². The Labute approximate surface area is 102 Å². The zero-order valence-corrected chi connectivity index (χ0v) is 10.2. The summed E-state index contributed by atoms with van der Waals surface area (Å²) in [5.41, 5.74) is 8.12. The summed E-state index contributed by atoms with van der Waals surface area (Å²) in [6.07, 6.45) is 0. The minimum absolute atomic E-state index is 0.0315. The van der Waals surface area contributed by atoms with Gasteiger partial charge in [0.2, 0.25) is 0 Å². The van der Waals surface area contributed by atoms with Gasteiger partial charge in [0.1, 0.15) is 11.5 Å². The van der Waals surface area contributed by atoms with Gasteiger partial charge in [0.25, 0.3) is 0 Å². The number of hydrogen-bond acceptors (Lipinski definition) is 2. The second-order valence-corrected chi connectivity index (χ2v) is 4.25. The highest BCUT2D eigenvalue weighted by atomic mass is 16.5. The predicted molar refractivity (Wildman–Crippen MR) is 70.3 cm³/mol. The molecule has 0 fully saturated rings. The first-order chi connectivity index (χ1) is 8.16. The number of aryl methyl sites for hydroxylation is 1. The van der Waals surface area contributed by atoms with Crippen molar-refractivity contribution in [1.29, 1.82) is 0 Å². The van der Waals surface area contributed by atoms with Gasteiger partial charge in [0, 0.05) is 11.6 Å². The average Bonchev–Trinajstić information content (AvgIpc) is 2.29. The minimum Gasteiger partial charge on any atom is -0.457 e. The molecule has 2 rings (SSSR count). The summed E-state index contributed by atoms with van der Waals surface area (Å²) in [5.74, 6) is 1.67. The maximum absolute atomic E-state index is 5.92. The van der Waals surface area contributed by atoms with E-state index in [1.165, 1.54) is 5.56 Å². The molecule has 0 amide bonds. The molecule has 1 atom stereocenters. The lowest BCUT2D eigenvalue weighted by Gasteiger charge is -2.13. The monoisotopic (exact) mass is 227 g/mol. The smallest absolute Gasteiger partial charge is 0.132 e. The van der Waals surface area contributed by atoms with Crippen LogP contribution < -0.4 is 10.5 Å². The molecular weight excluding hydrogens is 210 g/mol. The van der Waals surface area contributed by atoms with Crippen molar-refractivity contribution in [2.24, 2.45) is 5.73 Å². The molecule has 2 heteroatoms. The Morgan fingerprint density at radius 1 is 1.06 bits per heavy atom. The summed E-state index contributed by atoms with van der Waals surface area (Å²) in [6.45, 7) is 4.00. The molecule has 0 saturated carbocycles. The van der Waals surface area contributed by atoms with Crippen molar-refractivity contribution in [2.45, 2.75) is 19.9 Å². The summed E-state index contributed by atoms with van der Waals surface area (Å²) in [5, 5.41) is 0. The minimum atomic E-state index is -0.0315. The summed E-state index contributed by atoms with van der Waals surface area (Å²) in [4.78, 5) is 0. The third kappa shape index (κ3) is 2.86. The molecule has 0 aromatic heterocycles. The van der Waals surface area contributed by atoms with E-state index in [9.17, 15) is 0 Å². The maximum atomic E-state index is 5.92. The van der Waals surface area contributed by atoms with E-state index in [0.717, 1.165) is 17.1 Å². The van der Waals surface area contributed by atoms with Crippen LogP contribution in [0, 0.1) is 6.92 Å². The Morgan fingerprint density at radius 3 is 2.53 bits per heavy atom. The van der Waals surface area contributed by atoms with E-state index in [1.54, 1.807) is 0 Å². The van der Waals surface area contributed by atoms with Crippen LogP contribution in [0.2, 0.25) is 0 Å². The zero-order valence-electron chi connectivity index (χ0n) is 10.2. The topological polar surface area (TPSA) is 35.2 Å². The van der Waals surface area contributed by atoms with Gasteiger partial charge in [-0.2, -0.15) is 0 Å². The number of nitrogens with two attached hydrogens (primary N) is 1. The fraction of sp³-hybridized carbons (Fsp3) is 0.200. The molecule has 0 saturated heterocycles. The van der Waals surface area contributed by atoms with Gasteiger partial charge in [-0.3, -0.25) is 0 Å². The first-order valence-corrected chi connectivity index (χ1v) is 5.76. The second-order valence-electron chi connectivity index (χ2n) is 4.25. The molecule has 88 valence electrons. The van der Waals surface area contributed by atoms with Crippen LogP contribution >= 0.6 is 0 Å². The van der Waals surface area contributed by atoms with E-state index in [4.69, 9.17) is 10.5 Å². The van der Waals surface area contributed by atoms with E-state index < -0.39 is 0 Å². The van der Waals surface area contributed by atoms with E-state index in [1.807, 2.05) is 62.4 Å². The van der Waals surface area contributed by atoms with Crippen molar-refractivity contribution >= 4 is 0 Å². The van der Waals surface area contributed by atoms with Crippen LogP contribution in [0.5, 0.6) is 11.5 Å². The van der Waals surface area contributed by atoms with Gasteiger partial charge < -0.3 is 10.5 Å². The van der Waals surface area contributed by atoms with Crippen molar-refractivity contribution < 1.29 is 4.74 Å². The fourth-order valence-corrected chi connectivity index (χ4v) is 1.76. The summed E-state index contributed by atoms with van der Waals surface area (Å²) in [7, 11) is 0. The van der Waals surface area contributed by atoms with Crippen molar-refractivity contribution in [2.75, 3.05) is 0 Å². The Bertz CT molecular complexity index is 506. The van der Waals surface area contributed by atoms with Gasteiger partial charge >= 0.3 is 0 Å². The standard InChI is InChI=1S/C15H17NO/c1-11-6-5-7-13(10-11)17-15-9-4-3-8-14(15)12(2)16/h3-10,12H,16H2,1-2H3. The Balaban J connectivity index is 2.30. The highest BCUT2D eigenvalue weighted by Gasteiger charge is 2.07. The van der Waals surface area contributed by atoms with E-state index in [2.05, 4.69) is 0 Å². The van der Waals surface area contributed by atoms with E-state index in [0.29, 0.717) is 0 Å². The zero-order chi connectivity index (χ0) is 12.3. The highest BCUT2D eigenvalue weighted by Crippen LogP contribution is 2.28. The lowest BCUT2D eigenvalue weighted by Crippen LogP contribution is -2.06. The predicted octanol–water partition coefficient (Wildman–Crippen LogP) is 3.81. The first kappa shape index (κ1) is 11.7.